The van der Waals surface area contributed by atoms with Gasteiger partial charge in [-0.3, -0.25) is 0 Å². The average Bonchev–Trinajstić information content (AvgIpc) is 2.29. The first-order valence-electron chi connectivity index (χ1n) is 4.98. The summed E-state index contributed by atoms with van der Waals surface area (Å²) >= 11 is 0. The molecule has 3 nitrogen and oxygen atoms in total. The van der Waals surface area contributed by atoms with Crippen molar-refractivity contribution in [1.29, 1.82) is 5.26 Å². The molecule has 0 radical (unpaired) electrons. The minimum absolute atomic E-state index is 0.0209. The molecule has 1 rings (SSSR count). The fraction of sp³-hybridized carbons (Fsp3) is 0.417. The molecule has 0 bridgehead atoms. The molecule has 1 atom stereocenters. The van der Waals surface area contributed by atoms with E-state index in [9.17, 15) is 0 Å². The monoisotopic (exact) mass is 204 g/mol. The van der Waals surface area contributed by atoms with Gasteiger partial charge in [0.1, 0.15) is 0 Å². The largest absolute Gasteiger partial charge is 0.392 e. The van der Waals surface area contributed by atoms with Crippen molar-refractivity contribution in [3.05, 3.63) is 29.8 Å². The molecule has 0 aliphatic rings. The van der Waals surface area contributed by atoms with Crippen LogP contribution in [0.2, 0.25) is 0 Å². The summed E-state index contributed by atoms with van der Waals surface area (Å²) in [6.07, 6.45) is 0. The fourth-order valence-corrected chi connectivity index (χ4v) is 1.41. The van der Waals surface area contributed by atoms with E-state index < -0.39 is 0 Å². The zero-order chi connectivity index (χ0) is 11.3. The number of hydrogen-bond acceptors (Lipinski definition) is 3. The normalized spacial score (nSPS) is 11.9. The second kappa shape index (κ2) is 5.38. The van der Waals surface area contributed by atoms with E-state index in [-0.39, 0.29) is 12.5 Å². The van der Waals surface area contributed by atoms with Gasteiger partial charge in [0.15, 0.2) is 0 Å². The van der Waals surface area contributed by atoms with E-state index in [1.54, 1.807) is 0 Å². The Morgan fingerprint density at radius 2 is 2.00 bits per heavy atom. The molecule has 0 amide bonds. The first-order valence-corrected chi connectivity index (χ1v) is 4.98. The maximum absolute atomic E-state index is 8.89. The fourth-order valence-electron chi connectivity index (χ4n) is 1.41. The zero-order valence-corrected chi connectivity index (χ0v) is 9.14. The second-order valence-electron chi connectivity index (χ2n) is 3.74. The summed E-state index contributed by atoms with van der Waals surface area (Å²) in [7, 11) is 1.96. The van der Waals surface area contributed by atoms with Crippen LogP contribution >= 0.6 is 0 Å². The molecule has 0 fully saturated rings. The Morgan fingerprint density at radius 3 is 2.47 bits per heavy atom. The third-order valence-electron chi connectivity index (χ3n) is 2.33. The zero-order valence-electron chi connectivity index (χ0n) is 9.14. The van der Waals surface area contributed by atoms with Crippen LogP contribution < -0.4 is 4.90 Å². The molecule has 0 aliphatic heterocycles. The summed E-state index contributed by atoms with van der Waals surface area (Å²) in [5, 5.41) is 17.6. The standard InChI is InChI=1S/C12H16N2O/c1-10(7-13)8-14(2)12-5-3-11(9-15)4-6-12/h3-6,10,15H,8-9H2,1-2H3. The average molecular weight is 204 g/mol. The van der Waals surface area contributed by atoms with Crippen LogP contribution in [0, 0.1) is 17.2 Å². The Kier molecular flexibility index (Phi) is 4.14. The number of nitrogens with zero attached hydrogens (tertiary/aromatic N) is 2. The molecule has 1 unspecified atom stereocenters. The topological polar surface area (TPSA) is 47.3 Å². The van der Waals surface area contributed by atoms with Crippen LogP contribution in [0.4, 0.5) is 5.69 Å². The van der Waals surface area contributed by atoms with E-state index in [0.29, 0.717) is 0 Å². The van der Waals surface area contributed by atoms with Crippen LogP contribution in [0.3, 0.4) is 0 Å². The van der Waals surface area contributed by atoms with E-state index in [2.05, 4.69) is 6.07 Å². The van der Waals surface area contributed by atoms with Crippen LogP contribution in [0.25, 0.3) is 0 Å². The Labute approximate surface area is 90.6 Å². The van der Waals surface area contributed by atoms with Gasteiger partial charge in [-0.15, -0.1) is 0 Å². The molecule has 0 aliphatic carbocycles. The molecule has 0 spiro atoms. The molecule has 0 saturated heterocycles. The molecule has 0 heterocycles. The highest BCUT2D eigenvalue weighted by Gasteiger charge is 2.05. The predicted octanol–water partition coefficient (Wildman–Crippen LogP) is 1.77. The molecule has 3 heteroatoms. The third kappa shape index (κ3) is 3.26. The first-order chi connectivity index (χ1) is 7.17. The minimum Gasteiger partial charge on any atom is -0.392 e. The van der Waals surface area contributed by atoms with Crippen LogP contribution in [0.15, 0.2) is 24.3 Å². The molecule has 0 saturated carbocycles. The quantitative estimate of drug-likeness (QED) is 0.813. The lowest BCUT2D eigenvalue weighted by atomic mass is 10.1. The van der Waals surface area contributed by atoms with Gasteiger partial charge >= 0.3 is 0 Å². The summed E-state index contributed by atoms with van der Waals surface area (Å²) in [5.41, 5.74) is 1.97. The van der Waals surface area contributed by atoms with Crippen molar-refractivity contribution in [3.8, 4) is 6.07 Å². The number of aliphatic hydroxyl groups excluding tert-OH is 1. The number of rotatable bonds is 4. The molecule has 1 aromatic carbocycles. The molecular formula is C12H16N2O. The lowest BCUT2D eigenvalue weighted by molar-refractivity contribution is 0.282. The van der Waals surface area contributed by atoms with Crippen molar-refractivity contribution in [1.82, 2.24) is 0 Å². The summed E-state index contributed by atoms with van der Waals surface area (Å²) in [6, 6.07) is 9.90. The number of hydrogen-bond donors (Lipinski definition) is 1. The number of anilines is 1. The van der Waals surface area contributed by atoms with E-state index in [4.69, 9.17) is 10.4 Å². The number of benzene rings is 1. The number of nitriles is 1. The smallest absolute Gasteiger partial charge is 0.0681 e. The van der Waals surface area contributed by atoms with Crippen molar-refractivity contribution in [2.75, 3.05) is 18.5 Å². The lowest BCUT2D eigenvalue weighted by Crippen LogP contribution is -2.23. The maximum Gasteiger partial charge on any atom is 0.0681 e. The van der Waals surface area contributed by atoms with Crippen molar-refractivity contribution in [2.24, 2.45) is 5.92 Å². The van der Waals surface area contributed by atoms with Crippen molar-refractivity contribution in [2.45, 2.75) is 13.5 Å². The number of aliphatic hydroxyl groups is 1. The van der Waals surface area contributed by atoms with Crippen LogP contribution in [0.1, 0.15) is 12.5 Å². The van der Waals surface area contributed by atoms with Gasteiger partial charge in [0, 0.05) is 19.3 Å². The Bertz CT molecular complexity index is 340. The SMILES string of the molecule is CC(C#N)CN(C)c1ccc(CO)cc1. The summed E-state index contributed by atoms with van der Waals surface area (Å²) in [5.74, 6) is 0.0209. The molecule has 80 valence electrons. The van der Waals surface area contributed by atoms with Gasteiger partial charge in [0.05, 0.1) is 18.6 Å². The van der Waals surface area contributed by atoms with Gasteiger partial charge in [-0.1, -0.05) is 12.1 Å². The van der Waals surface area contributed by atoms with E-state index in [0.717, 1.165) is 17.8 Å². The van der Waals surface area contributed by atoms with Gasteiger partial charge in [0.2, 0.25) is 0 Å². The second-order valence-corrected chi connectivity index (χ2v) is 3.74. The van der Waals surface area contributed by atoms with Gasteiger partial charge in [0.25, 0.3) is 0 Å². The molecule has 15 heavy (non-hydrogen) atoms. The van der Waals surface area contributed by atoms with Crippen molar-refractivity contribution in [3.63, 3.8) is 0 Å². The minimum atomic E-state index is 0.0209. The van der Waals surface area contributed by atoms with Crippen LogP contribution in [-0.2, 0) is 6.61 Å². The summed E-state index contributed by atoms with van der Waals surface area (Å²) in [4.78, 5) is 2.04. The van der Waals surface area contributed by atoms with Crippen LogP contribution in [0.5, 0.6) is 0 Å². The maximum atomic E-state index is 8.89. The van der Waals surface area contributed by atoms with E-state index >= 15 is 0 Å². The molecule has 0 aromatic heterocycles. The van der Waals surface area contributed by atoms with Crippen molar-refractivity contribution < 1.29 is 5.11 Å². The van der Waals surface area contributed by atoms with Crippen molar-refractivity contribution >= 4 is 5.69 Å². The third-order valence-corrected chi connectivity index (χ3v) is 2.33. The Morgan fingerprint density at radius 1 is 1.40 bits per heavy atom. The molecule has 1 aromatic rings. The highest BCUT2D eigenvalue weighted by Crippen LogP contribution is 2.14. The first kappa shape index (κ1) is 11.5. The summed E-state index contributed by atoms with van der Waals surface area (Å²) in [6.45, 7) is 2.69. The van der Waals surface area contributed by atoms with Gasteiger partial charge in [-0.25, -0.2) is 0 Å². The molecular weight excluding hydrogens is 188 g/mol. The van der Waals surface area contributed by atoms with Crippen LogP contribution in [-0.4, -0.2) is 18.7 Å². The summed E-state index contributed by atoms with van der Waals surface area (Å²) < 4.78 is 0. The van der Waals surface area contributed by atoms with Gasteiger partial charge in [-0.05, 0) is 24.6 Å². The predicted molar refractivity (Wildman–Crippen MR) is 60.4 cm³/mol. The lowest BCUT2D eigenvalue weighted by Gasteiger charge is -2.20. The van der Waals surface area contributed by atoms with Gasteiger partial charge < -0.3 is 10.0 Å². The van der Waals surface area contributed by atoms with Gasteiger partial charge in [-0.2, -0.15) is 5.26 Å². The highest BCUT2D eigenvalue weighted by molar-refractivity contribution is 5.46. The Balaban J connectivity index is 2.66. The van der Waals surface area contributed by atoms with E-state index in [1.807, 2.05) is 43.1 Å². The van der Waals surface area contributed by atoms with E-state index in [1.165, 1.54) is 0 Å². The highest BCUT2D eigenvalue weighted by atomic mass is 16.3. The Hall–Kier alpha value is -1.53. The molecule has 1 N–H and O–H groups in total.